The number of rotatable bonds is 10. The summed E-state index contributed by atoms with van der Waals surface area (Å²) in [7, 11) is -1.22. The van der Waals surface area contributed by atoms with Crippen molar-refractivity contribution < 1.29 is 38.4 Å². The fourth-order valence-corrected chi connectivity index (χ4v) is 7.64. The number of fused-ring (bicyclic) bond motifs is 3. The van der Waals surface area contributed by atoms with Gasteiger partial charge in [-0.15, -0.1) is 0 Å². The highest BCUT2D eigenvalue weighted by Gasteiger charge is 2.57. The molecule has 2 amide bonds. The van der Waals surface area contributed by atoms with Crippen LogP contribution in [0.1, 0.15) is 30.4 Å². The van der Waals surface area contributed by atoms with E-state index in [1.165, 1.54) is 36.4 Å². The van der Waals surface area contributed by atoms with Crippen molar-refractivity contribution in [1.82, 2.24) is 0 Å². The second-order valence-corrected chi connectivity index (χ2v) is 13.0. The van der Waals surface area contributed by atoms with Crippen LogP contribution in [-0.4, -0.2) is 46.7 Å². The molecule has 2 aliphatic heterocycles. The number of anilines is 1. The number of nitrogens with zero attached hydrogens (tertiary/aromatic N) is 2. The lowest BCUT2D eigenvalue weighted by Crippen LogP contribution is -2.46. The molecule has 0 unspecified atom stereocenters. The van der Waals surface area contributed by atoms with E-state index in [9.17, 15) is 34.2 Å². The van der Waals surface area contributed by atoms with Crippen molar-refractivity contribution in [2.24, 2.45) is 17.8 Å². The number of phenols is 1. The van der Waals surface area contributed by atoms with Crippen LogP contribution in [0.4, 0.5) is 15.8 Å². The van der Waals surface area contributed by atoms with Crippen LogP contribution in [0.25, 0.3) is 11.6 Å². The van der Waals surface area contributed by atoms with Crippen molar-refractivity contribution >= 4 is 42.0 Å². The summed E-state index contributed by atoms with van der Waals surface area (Å²) in [5, 5.41) is 32.4. The van der Waals surface area contributed by atoms with E-state index >= 15 is 0 Å². The van der Waals surface area contributed by atoms with Gasteiger partial charge in [0.2, 0.25) is 11.8 Å². The van der Waals surface area contributed by atoms with Crippen molar-refractivity contribution in [2.45, 2.75) is 31.7 Å². The highest BCUT2D eigenvalue weighted by atomic mass is 19.1. The number of amides is 2. The first-order chi connectivity index (χ1) is 24.7. The Hall–Kier alpha value is -5.59. The molecule has 10 nitrogen and oxygen atoms in total. The molecule has 12 heteroatoms. The molecule has 0 radical (unpaired) electrons. The smallest absolute Gasteiger partial charge is 0.455 e. The Bertz CT molecular complexity index is 2040. The summed E-state index contributed by atoms with van der Waals surface area (Å²) in [4.78, 5) is 40.2. The lowest BCUT2D eigenvalue weighted by molar-refractivity contribution is -0.384. The molecule has 4 aromatic carbocycles. The number of allylic oxidation sites excluding steroid dienone is 1. The average Bonchev–Trinajstić information content (AvgIpc) is 3.39. The molecule has 0 bridgehead atoms. The van der Waals surface area contributed by atoms with Gasteiger partial charge in [-0.2, -0.15) is 0 Å². The second kappa shape index (κ2) is 14.3. The Morgan fingerprint density at radius 3 is 2.45 bits per heavy atom. The summed E-state index contributed by atoms with van der Waals surface area (Å²) >= 11 is 0. The average molecular weight is 689 g/mol. The van der Waals surface area contributed by atoms with Crippen LogP contribution < -0.4 is 9.64 Å². The molecular formula is C39H34BFN2O8. The van der Waals surface area contributed by atoms with Gasteiger partial charge in [0.25, 0.3) is 5.69 Å². The van der Waals surface area contributed by atoms with Gasteiger partial charge in [-0.25, -0.2) is 9.29 Å². The zero-order valence-electron chi connectivity index (χ0n) is 27.4. The summed E-state index contributed by atoms with van der Waals surface area (Å²) in [6, 6.07) is 28.4. The second-order valence-electron chi connectivity index (χ2n) is 13.0. The number of carbonyl (C=O) groups is 2. The van der Waals surface area contributed by atoms with Gasteiger partial charge < -0.3 is 19.5 Å². The number of carbonyl (C=O) groups excluding carboxylic acids is 2. The number of imide groups is 1. The third-order valence-corrected chi connectivity index (χ3v) is 9.90. The molecule has 2 heterocycles. The molecule has 258 valence electrons. The van der Waals surface area contributed by atoms with Gasteiger partial charge in [0.05, 0.1) is 28.6 Å². The molecule has 2 saturated heterocycles. The SMILES string of the molecule is O=C1[C@@H]2[C@@H](CC(COc3ccccc3)=C3[C@@H](CC/C(=C/c4ccc(O)c(F)c4)c4ccccc4)OB(O)C[C@@H]32)C(=O)N1c1cccc([N+](=O)[O-])c1. The van der Waals surface area contributed by atoms with E-state index in [0.29, 0.717) is 24.2 Å². The molecule has 2 fully saturated rings. The number of benzene rings is 4. The monoisotopic (exact) mass is 688 g/mol. The van der Waals surface area contributed by atoms with Gasteiger partial charge >= 0.3 is 7.12 Å². The first-order valence-corrected chi connectivity index (χ1v) is 16.8. The van der Waals surface area contributed by atoms with Crippen LogP contribution in [-0.2, 0) is 14.2 Å². The summed E-state index contributed by atoms with van der Waals surface area (Å²) in [6.45, 7) is 0.126. The van der Waals surface area contributed by atoms with E-state index in [1.54, 1.807) is 6.07 Å². The standard InChI is InChI=1S/C39H34BFN2O8/c41-33-19-24(14-16-34(33)44)18-26(25-8-3-1-4-9-25)15-17-35-36-27(23-50-30-12-5-2-6-13-30)20-31-37(32(36)22-40(47)51-35)39(46)42(38(31)45)28-10-7-11-29(21-28)43(48)49/h1-14,16,18-19,21,31-32,35,37,44,47H,15,17,20,22-23H2/b26-18-/t31-,32+,35-,37-/m1/s1. The Morgan fingerprint density at radius 2 is 1.73 bits per heavy atom. The van der Waals surface area contributed by atoms with E-state index in [1.807, 2.05) is 66.7 Å². The van der Waals surface area contributed by atoms with E-state index in [4.69, 9.17) is 9.39 Å². The van der Waals surface area contributed by atoms with Gasteiger partial charge in [0.15, 0.2) is 11.6 Å². The molecule has 0 spiro atoms. The molecule has 2 N–H and O–H groups in total. The molecule has 4 atom stereocenters. The topological polar surface area (TPSA) is 139 Å². The first kappa shape index (κ1) is 33.9. The number of ether oxygens (including phenoxy) is 1. The third-order valence-electron chi connectivity index (χ3n) is 9.90. The van der Waals surface area contributed by atoms with E-state index in [0.717, 1.165) is 27.2 Å². The molecule has 7 rings (SSSR count). The lowest BCUT2D eigenvalue weighted by atomic mass is 9.58. The fourth-order valence-electron chi connectivity index (χ4n) is 7.64. The number of hydrogen-bond acceptors (Lipinski definition) is 8. The van der Waals surface area contributed by atoms with Gasteiger partial charge in [-0.3, -0.25) is 19.7 Å². The minimum atomic E-state index is -1.22. The number of nitro benzene ring substituents is 1. The molecule has 0 aromatic heterocycles. The van der Waals surface area contributed by atoms with E-state index in [-0.39, 0.29) is 30.7 Å². The summed E-state index contributed by atoms with van der Waals surface area (Å²) < 4.78 is 26.7. The highest BCUT2D eigenvalue weighted by molar-refractivity contribution is 6.43. The molecule has 4 aromatic rings. The minimum absolute atomic E-state index is 0.0812. The van der Waals surface area contributed by atoms with Crippen molar-refractivity contribution in [1.29, 1.82) is 0 Å². The predicted octanol–water partition coefficient (Wildman–Crippen LogP) is 6.84. The quantitative estimate of drug-likeness (QED) is 0.0461. The Labute approximate surface area is 293 Å². The largest absolute Gasteiger partial charge is 0.505 e. The van der Waals surface area contributed by atoms with Crippen LogP contribution in [0.5, 0.6) is 11.5 Å². The van der Waals surface area contributed by atoms with Crippen LogP contribution in [0.2, 0.25) is 6.32 Å². The molecule has 1 aliphatic carbocycles. The highest BCUT2D eigenvalue weighted by Crippen LogP contribution is 2.51. The minimum Gasteiger partial charge on any atom is -0.505 e. The zero-order valence-corrected chi connectivity index (χ0v) is 27.4. The van der Waals surface area contributed by atoms with Crippen molar-refractivity contribution in [2.75, 3.05) is 11.5 Å². The summed E-state index contributed by atoms with van der Waals surface area (Å²) in [6.07, 6.45) is 2.31. The van der Waals surface area contributed by atoms with Crippen LogP contribution in [0.15, 0.2) is 114 Å². The van der Waals surface area contributed by atoms with Crippen LogP contribution in [0.3, 0.4) is 0 Å². The number of hydrogen-bond donors (Lipinski definition) is 2. The maximum absolute atomic E-state index is 14.3. The first-order valence-electron chi connectivity index (χ1n) is 16.8. The van der Waals surface area contributed by atoms with Gasteiger partial charge in [0, 0.05) is 12.1 Å². The van der Waals surface area contributed by atoms with Crippen LogP contribution >= 0.6 is 0 Å². The Kier molecular flexibility index (Phi) is 9.53. The normalized spacial score (nSPS) is 21.8. The summed E-state index contributed by atoms with van der Waals surface area (Å²) in [5.41, 5.74) is 3.81. The van der Waals surface area contributed by atoms with E-state index in [2.05, 4.69) is 0 Å². The van der Waals surface area contributed by atoms with Crippen molar-refractivity contribution in [3.05, 3.63) is 141 Å². The number of nitro groups is 1. The lowest BCUT2D eigenvalue weighted by Gasteiger charge is -2.43. The maximum atomic E-state index is 14.3. The van der Waals surface area contributed by atoms with Crippen molar-refractivity contribution in [3.8, 4) is 11.5 Å². The summed E-state index contributed by atoms with van der Waals surface area (Å²) in [5.74, 6) is -3.59. The molecule has 51 heavy (non-hydrogen) atoms. The number of aromatic hydroxyl groups is 1. The Balaban J connectivity index is 1.24. The van der Waals surface area contributed by atoms with Gasteiger partial charge in [-0.05, 0) is 89.7 Å². The third kappa shape index (κ3) is 6.93. The molecule has 0 saturated carbocycles. The van der Waals surface area contributed by atoms with Crippen molar-refractivity contribution in [3.63, 3.8) is 0 Å². The fraction of sp³-hybridized carbons (Fsp3) is 0.231. The Morgan fingerprint density at radius 1 is 0.980 bits per heavy atom. The van der Waals surface area contributed by atoms with E-state index < -0.39 is 59.3 Å². The molecular weight excluding hydrogens is 654 g/mol. The number of halogens is 1. The maximum Gasteiger partial charge on any atom is 0.455 e. The van der Waals surface area contributed by atoms with Crippen LogP contribution in [0, 0.1) is 33.7 Å². The number of non-ortho nitro benzene ring substituents is 1. The van der Waals surface area contributed by atoms with Gasteiger partial charge in [-0.1, -0.05) is 66.7 Å². The molecule has 3 aliphatic rings. The number of phenolic OH excluding ortho intramolecular Hbond substituents is 1. The number of para-hydroxylation sites is 1. The predicted molar refractivity (Wildman–Crippen MR) is 189 cm³/mol. The zero-order chi connectivity index (χ0) is 35.6. The van der Waals surface area contributed by atoms with Gasteiger partial charge in [0.1, 0.15) is 12.4 Å².